The topological polar surface area (TPSA) is 20.3 Å². The molecule has 1 heterocycles. The Morgan fingerprint density at radius 1 is 1.22 bits per heavy atom. The van der Waals surface area contributed by atoms with Crippen LogP contribution in [0, 0.1) is 11.8 Å². The van der Waals surface area contributed by atoms with E-state index >= 15 is 0 Å². The molecular formula is C15H20ClNO. The number of halogens is 1. The molecule has 0 bridgehead atoms. The van der Waals surface area contributed by atoms with Gasteiger partial charge in [-0.1, -0.05) is 37.6 Å². The summed E-state index contributed by atoms with van der Waals surface area (Å²) in [6, 6.07) is 7.53. The fourth-order valence-electron chi connectivity index (χ4n) is 2.76. The minimum Gasteiger partial charge on any atom is -0.342 e. The zero-order valence-electron chi connectivity index (χ0n) is 11.0. The molecule has 0 unspecified atom stereocenters. The largest absolute Gasteiger partial charge is 0.342 e. The molecule has 2 atom stereocenters. The van der Waals surface area contributed by atoms with E-state index in [1.165, 1.54) is 6.42 Å². The summed E-state index contributed by atoms with van der Waals surface area (Å²) in [6.45, 7) is 6.24. The number of benzene rings is 1. The molecule has 2 nitrogen and oxygen atoms in total. The third kappa shape index (κ3) is 3.49. The van der Waals surface area contributed by atoms with Crippen LogP contribution in [0.25, 0.3) is 0 Å². The first-order valence-electron chi connectivity index (χ1n) is 6.57. The van der Waals surface area contributed by atoms with Gasteiger partial charge in [-0.15, -0.1) is 0 Å². The van der Waals surface area contributed by atoms with Crippen molar-refractivity contribution in [2.75, 3.05) is 13.1 Å². The first-order chi connectivity index (χ1) is 8.54. The first kappa shape index (κ1) is 13.4. The van der Waals surface area contributed by atoms with Gasteiger partial charge in [0.1, 0.15) is 0 Å². The predicted octanol–water partition coefficient (Wildman–Crippen LogP) is 3.39. The predicted molar refractivity (Wildman–Crippen MR) is 74.7 cm³/mol. The standard InChI is InChI=1S/C15H20ClNO/c1-11-7-12(2)10-17(9-11)15(18)8-13-3-5-14(16)6-4-13/h3-6,11-12H,7-10H2,1-2H3/t11-,12-/m0/s1. The Morgan fingerprint density at radius 3 is 2.33 bits per heavy atom. The van der Waals surface area contributed by atoms with Gasteiger partial charge in [0, 0.05) is 18.1 Å². The Morgan fingerprint density at radius 2 is 1.78 bits per heavy atom. The number of carbonyl (C=O) groups excluding carboxylic acids is 1. The first-order valence-corrected chi connectivity index (χ1v) is 6.94. The van der Waals surface area contributed by atoms with Gasteiger partial charge in [-0.25, -0.2) is 0 Å². The quantitative estimate of drug-likeness (QED) is 0.803. The number of hydrogen-bond acceptors (Lipinski definition) is 1. The molecule has 3 heteroatoms. The summed E-state index contributed by atoms with van der Waals surface area (Å²) in [4.78, 5) is 14.2. The summed E-state index contributed by atoms with van der Waals surface area (Å²) >= 11 is 5.84. The van der Waals surface area contributed by atoms with Crippen molar-refractivity contribution in [3.05, 3.63) is 34.9 Å². The average Bonchev–Trinajstić information content (AvgIpc) is 2.31. The molecule has 1 fully saturated rings. The van der Waals surface area contributed by atoms with Crippen molar-refractivity contribution >= 4 is 17.5 Å². The maximum Gasteiger partial charge on any atom is 0.227 e. The Bertz CT molecular complexity index is 405. The number of likely N-dealkylation sites (tertiary alicyclic amines) is 1. The molecule has 0 aromatic heterocycles. The Hall–Kier alpha value is -1.02. The molecule has 18 heavy (non-hydrogen) atoms. The average molecular weight is 266 g/mol. The molecule has 1 aliphatic heterocycles. The fraction of sp³-hybridized carbons (Fsp3) is 0.533. The fourth-order valence-corrected chi connectivity index (χ4v) is 2.88. The normalized spacial score (nSPS) is 24.1. The van der Waals surface area contributed by atoms with Crippen LogP contribution in [0.5, 0.6) is 0 Å². The lowest BCUT2D eigenvalue weighted by atomic mass is 9.91. The molecule has 2 rings (SSSR count). The lowest BCUT2D eigenvalue weighted by Crippen LogP contribution is -2.43. The van der Waals surface area contributed by atoms with Gasteiger partial charge in [-0.3, -0.25) is 4.79 Å². The number of hydrogen-bond donors (Lipinski definition) is 0. The smallest absolute Gasteiger partial charge is 0.227 e. The van der Waals surface area contributed by atoms with Crippen molar-refractivity contribution in [1.29, 1.82) is 0 Å². The van der Waals surface area contributed by atoms with Crippen LogP contribution in [0.3, 0.4) is 0 Å². The molecule has 1 amide bonds. The molecule has 0 N–H and O–H groups in total. The SMILES string of the molecule is C[C@H]1C[C@H](C)CN(C(=O)Cc2ccc(Cl)cc2)C1. The highest BCUT2D eigenvalue weighted by Crippen LogP contribution is 2.21. The second-order valence-electron chi connectivity index (χ2n) is 5.55. The maximum atomic E-state index is 12.2. The van der Waals surface area contributed by atoms with Crippen LogP contribution in [-0.2, 0) is 11.2 Å². The van der Waals surface area contributed by atoms with Crippen LogP contribution in [0.4, 0.5) is 0 Å². The minimum atomic E-state index is 0.232. The Kier molecular flexibility index (Phi) is 4.28. The van der Waals surface area contributed by atoms with Gasteiger partial charge in [-0.2, -0.15) is 0 Å². The lowest BCUT2D eigenvalue weighted by Gasteiger charge is -2.35. The van der Waals surface area contributed by atoms with Gasteiger partial charge in [-0.05, 0) is 36.0 Å². The molecule has 1 saturated heterocycles. The summed E-state index contributed by atoms with van der Waals surface area (Å²) in [7, 11) is 0. The van der Waals surface area contributed by atoms with Gasteiger partial charge in [0.05, 0.1) is 6.42 Å². The van der Waals surface area contributed by atoms with Gasteiger partial charge in [0.15, 0.2) is 0 Å². The van der Waals surface area contributed by atoms with Crippen LogP contribution in [-0.4, -0.2) is 23.9 Å². The third-order valence-electron chi connectivity index (χ3n) is 3.49. The summed E-state index contributed by atoms with van der Waals surface area (Å²) in [6.07, 6.45) is 1.71. The molecule has 0 radical (unpaired) electrons. The van der Waals surface area contributed by atoms with Crippen LogP contribution in [0.1, 0.15) is 25.8 Å². The molecular weight excluding hydrogens is 246 g/mol. The highest BCUT2D eigenvalue weighted by Gasteiger charge is 2.25. The molecule has 1 aliphatic rings. The number of carbonyl (C=O) groups is 1. The van der Waals surface area contributed by atoms with Crippen molar-refractivity contribution in [2.45, 2.75) is 26.7 Å². The van der Waals surface area contributed by atoms with Crippen LogP contribution >= 0.6 is 11.6 Å². The van der Waals surface area contributed by atoms with E-state index in [0.717, 1.165) is 18.7 Å². The number of amides is 1. The highest BCUT2D eigenvalue weighted by atomic mass is 35.5. The molecule has 98 valence electrons. The van der Waals surface area contributed by atoms with E-state index in [-0.39, 0.29) is 5.91 Å². The minimum absolute atomic E-state index is 0.232. The third-order valence-corrected chi connectivity index (χ3v) is 3.74. The summed E-state index contributed by atoms with van der Waals surface area (Å²) < 4.78 is 0. The van der Waals surface area contributed by atoms with Crippen molar-refractivity contribution in [3.63, 3.8) is 0 Å². The van der Waals surface area contributed by atoms with Crippen LogP contribution < -0.4 is 0 Å². The zero-order chi connectivity index (χ0) is 13.1. The summed E-state index contributed by atoms with van der Waals surface area (Å²) in [5.74, 6) is 1.46. The van der Waals surface area contributed by atoms with Gasteiger partial charge in [0.2, 0.25) is 5.91 Å². The van der Waals surface area contributed by atoms with E-state index in [9.17, 15) is 4.79 Å². The van der Waals surface area contributed by atoms with Crippen molar-refractivity contribution in [2.24, 2.45) is 11.8 Å². The van der Waals surface area contributed by atoms with Crippen molar-refractivity contribution in [1.82, 2.24) is 4.90 Å². The van der Waals surface area contributed by atoms with Crippen LogP contribution in [0.15, 0.2) is 24.3 Å². The molecule has 1 aromatic rings. The van der Waals surface area contributed by atoms with Crippen LogP contribution in [0.2, 0.25) is 5.02 Å². The Labute approximate surface area is 114 Å². The zero-order valence-corrected chi connectivity index (χ0v) is 11.8. The second-order valence-corrected chi connectivity index (χ2v) is 5.98. The highest BCUT2D eigenvalue weighted by molar-refractivity contribution is 6.30. The number of nitrogens with zero attached hydrogens (tertiary/aromatic N) is 1. The van der Waals surface area contributed by atoms with E-state index in [2.05, 4.69) is 13.8 Å². The number of rotatable bonds is 2. The maximum absolute atomic E-state index is 12.2. The number of piperidine rings is 1. The summed E-state index contributed by atoms with van der Waals surface area (Å²) in [5, 5.41) is 0.714. The lowest BCUT2D eigenvalue weighted by molar-refractivity contribution is -0.133. The van der Waals surface area contributed by atoms with E-state index in [1.807, 2.05) is 29.2 Å². The van der Waals surface area contributed by atoms with Crippen molar-refractivity contribution in [3.8, 4) is 0 Å². The monoisotopic (exact) mass is 265 g/mol. The van der Waals surface area contributed by atoms with Gasteiger partial charge >= 0.3 is 0 Å². The molecule has 0 aliphatic carbocycles. The molecule has 0 saturated carbocycles. The van der Waals surface area contributed by atoms with Crippen molar-refractivity contribution < 1.29 is 4.79 Å². The molecule has 1 aromatic carbocycles. The van der Waals surface area contributed by atoms with E-state index in [1.54, 1.807) is 0 Å². The van der Waals surface area contributed by atoms with E-state index < -0.39 is 0 Å². The van der Waals surface area contributed by atoms with Gasteiger partial charge in [0.25, 0.3) is 0 Å². The van der Waals surface area contributed by atoms with E-state index in [4.69, 9.17) is 11.6 Å². The molecule has 0 spiro atoms. The Balaban J connectivity index is 1.97. The second kappa shape index (κ2) is 5.75. The summed E-state index contributed by atoms with van der Waals surface area (Å²) in [5.41, 5.74) is 1.04. The van der Waals surface area contributed by atoms with Gasteiger partial charge < -0.3 is 4.90 Å². The van der Waals surface area contributed by atoms with E-state index in [0.29, 0.717) is 23.3 Å².